The van der Waals surface area contributed by atoms with Crippen molar-refractivity contribution in [1.82, 2.24) is 34.6 Å². The van der Waals surface area contributed by atoms with Crippen LogP contribution in [-0.2, 0) is 14.3 Å². The predicted molar refractivity (Wildman–Crippen MR) is 207 cm³/mol. The lowest BCUT2D eigenvalue weighted by atomic mass is 10.0. The first-order chi connectivity index (χ1) is 27.0. The van der Waals surface area contributed by atoms with Crippen molar-refractivity contribution in [1.29, 1.82) is 0 Å². The quantitative estimate of drug-likeness (QED) is 0.125. The minimum Gasteiger partial charge on any atom is -0.437 e. The van der Waals surface area contributed by atoms with Gasteiger partial charge in [-0.2, -0.15) is 0 Å². The van der Waals surface area contributed by atoms with E-state index < -0.39 is 48.6 Å². The molecule has 4 N–H and O–H groups in total. The number of likely N-dealkylation sites (tertiary alicyclic amines) is 2. The molecule has 0 spiro atoms. The van der Waals surface area contributed by atoms with Crippen LogP contribution in [0, 0.1) is 0 Å². The number of ether oxygens (including phenoxy) is 1. The van der Waals surface area contributed by atoms with E-state index >= 15 is 4.39 Å². The second-order valence-corrected chi connectivity index (χ2v) is 14.3. The molecular formula is C42H46F2N8O4. The molecule has 14 heteroatoms. The summed E-state index contributed by atoms with van der Waals surface area (Å²) in [6.07, 6.45) is -0.984. The molecule has 2 fully saturated rings. The van der Waals surface area contributed by atoms with Crippen molar-refractivity contribution in [2.45, 2.75) is 70.2 Å². The highest BCUT2D eigenvalue weighted by atomic mass is 19.1. The average Bonchev–Trinajstić information content (AvgIpc) is 4.03. The van der Waals surface area contributed by atoms with Gasteiger partial charge in [-0.1, -0.05) is 92.7 Å². The zero-order chi connectivity index (χ0) is 39.5. The molecule has 3 aromatic carbocycles. The lowest BCUT2D eigenvalue weighted by Crippen LogP contribution is -2.43. The fourth-order valence-corrected chi connectivity index (χ4v) is 7.91. The van der Waals surface area contributed by atoms with Crippen LogP contribution in [0.3, 0.4) is 0 Å². The highest BCUT2D eigenvalue weighted by Crippen LogP contribution is 2.38. The van der Waals surface area contributed by atoms with Crippen molar-refractivity contribution in [3.05, 3.63) is 108 Å². The molecule has 6 atom stereocenters. The Balaban J connectivity index is 1.03. The summed E-state index contributed by atoms with van der Waals surface area (Å²) in [6, 6.07) is 23.9. The van der Waals surface area contributed by atoms with Crippen LogP contribution >= 0.6 is 0 Å². The number of carbonyl (C=O) groups excluding carboxylic acids is 3. The number of imidazole rings is 2. The number of alkyl halides is 2. The lowest BCUT2D eigenvalue weighted by molar-refractivity contribution is -0.140. The molecule has 7 rings (SSSR count). The van der Waals surface area contributed by atoms with Gasteiger partial charge >= 0.3 is 6.09 Å². The second kappa shape index (κ2) is 16.5. The lowest BCUT2D eigenvalue weighted by Gasteiger charge is -2.34. The Morgan fingerprint density at radius 2 is 1.20 bits per heavy atom. The number of likely N-dealkylation sites (N-methyl/N-ethyl adjacent to an activating group) is 1. The van der Waals surface area contributed by atoms with Gasteiger partial charge in [0.25, 0.3) is 5.91 Å². The molecule has 2 aliphatic heterocycles. The first kappa shape index (κ1) is 38.4. The number of nitrogens with zero attached hydrogens (tertiary/aromatic N) is 5. The molecule has 0 radical (unpaired) electrons. The molecule has 12 nitrogen and oxygen atoms in total. The molecule has 0 unspecified atom stereocenters. The number of halogens is 2. The smallest absolute Gasteiger partial charge is 0.405 e. The number of carbonyl (C=O) groups is 3. The van der Waals surface area contributed by atoms with Gasteiger partial charge in [0, 0.05) is 12.8 Å². The number of primary amides is 1. The number of rotatable bonds is 12. The number of aromatic nitrogens is 4. The topological polar surface area (TPSA) is 154 Å². The van der Waals surface area contributed by atoms with Crippen LogP contribution in [0.5, 0.6) is 0 Å². The number of H-pyrrole nitrogens is 2. The van der Waals surface area contributed by atoms with Gasteiger partial charge in [-0.05, 0) is 47.8 Å². The van der Waals surface area contributed by atoms with Crippen LogP contribution in [-0.4, -0.2) is 97.2 Å². The maximum atomic E-state index is 15.0. The fourth-order valence-electron chi connectivity index (χ4n) is 7.91. The summed E-state index contributed by atoms with van der Waals surface area (Å²) in [5.74, 6) is 0.331. The molecule has 2 aromatic heterocycles. The van der Waals surface area contributed by atoms with Gasteiger partial charge in [-0.3, -0.25) is 14.5 Å². The summed E-state index contributed by atoms with van der Waals surface area (Å²) in [6.45, 7) is 6.71. The predicted octanol–water partition coefficient (Wildman–Crippen LogP) is 6.92. The SMILES string of the molecule is CCN(CC)[C@@H](C(=O)N1C[C@@H](F)C[C@H]1c1ncc(-c2ccc(-c3ccc(-c4cnc([C@@H]5C[C@H](F)CN5C(=O)[C@H](C)OC(N)=O)[nH]4)cc3)cc2)[nH]1)c1ccccc1. The van der Waals surface area contributed by atoms with Crippen molar-refractivity contribution in [2.24, 2.45) is 5.73 Å². The van der Waals surface area contributed by atoms with Gasteiger partial charge < -0.3 is 30.2 Å². The molecule has 56 heavy (non-hydrogen) atoms. The third-order valence-corrected chi connectivity index (χ3v) is 10.8. The van der Waals surface area contributed by atoms with E-state index in [4.69, 9.17) is 10.5 Å². The van der Waals surface area contributed by atoms with Gasteiger partial charge in [0.2, 0.25) is 5.91 Å². The fraction of sp³-hybridized carbons (Fsp3) is 0.357. The van der Waals surface area contributed by atoms with Gasteiger partial charge in [-0.25, -0.2) is 23.5 Å². The summed E-state index contributed by atoms with van der Waals surface area (Å²) in [5, 5.41) is 0. The van der Waals surface area contributed by atoms with E-state index in [1.54, 1.807) is 17.3 Å². The zero-order valence-corrected chi connectivity index (χ0v) is 31.6. The van der Waals surface area contributed by atoms with Gasteiger partial charge in [0.1, 0.15) is 30.0 Å². The Morgan fingerprint density at radius 1 is 0.750 bits per heavy atom. The first-order valence-electron chi connectivity index (χ1n) is 19.0. The van der Waals surface area contributed by atoms with Gasteiger partial charge in [0.05, 0.1) is 49.0 Å². The summed E-state index contributed by atoms with van der Waals surface area (Å²) in [4.78, 5) is 59.0. The van der Waals surface area contributed by atoms with E-state index in [2.05, 4.69) is 24.8 Å². The minimum atomic E-state index is -1.24. The van der Waals surface area contributed by atoms with Crippen LogP contribution in [0.15, 0.2) is 91.3 Å². The van der Waals surface area contributed by atoms with E-state index in [-0.39, 0.29) is 31.8 Å². The average molecular weight is 765 g/mol. The zero-order valence-electron chi connectivity index (χ0n) is 31.6. The van der Waals surface area contributed by atoms with Crippen molar-refractivity contribution < 1.29 is 27.9 Å². The van der Waals surface area contributed by atoms with Gasteiger partial charge in [-0.15, -0.1) is 0 Å². The molecule has 0 bridgehead atoms. The molecule has 0 saturated carbocycles. The van der Waals surface area contributed by atoms with Crippen molar-refractivity contribution in [2.75, 3.05) is 26.2 Å². The maximum Gasteiger partial charge on any atom is 0.405 e. The molecular weight excluding hydrogens is 719 g/mol. The Hall–Kier alpha value is -5.89. The Morgan fingerprint density at radius 3 is 1.64 bits per heavy atom. The molecule has 292 valence electrons. The molecule has 4 heterocycles. The van der Waals surface area contributed by atoms with Crippen LogP contribution in [0.4, 0.5) is 13.6 Å². The summed E-state index contributed by atoms with van der Waals surface area (Å²) in [7, 11) is 0. The van der Waals surface area contributed by atoms with Crippen LogP contribution in [0.2, 0.25) is 0 Å². The van der Waals surface area contributed by atoms with Crippen LogP contribution < -0.4 is 5.73 Å². The highest BCUT2D eigenvalue weighted by Gasteiger charge is 2.42. The first-order valence-corrected chi connectivity index (χ1v) is 19.0. The van der Waals surface area contributed by atoms with Crippen LogP contribution in [0.1, 0.15) is 69.0 Å². The Kier molecular flexibility index (Phi) is 11.3. The summed E-state index contributed by atoms with van der Waals surface area (Å²) < 4.78 is 34.3. The summed E-state index contributed by atoms with van der Waals surface area (Å²) in [5.41, 5.74) is 11.2. The number of aromatic amines is 2. The van der Waals surface area contributed by atoms with E-state index in [0.717, 1.165) is 33.5 Å². The molecule has 2 aliphatic rings. The Bertz CT molecular complexity index is 2140. The summed E-state index contributed by atoms with van der Waals surface area (Å²) >= 11 is 0. The number of nitrogens with two attached hydrogens (primary N) is 1. The number of amides is 3. The minimum absolute atomic E-state index is 0.0215. The molecule has 5 aromatic rings. The normalized spacial score (nSPS) is 20.7. The van der Waals surface area contributed by atoms with E-state index in [1.807, 2.05) is 92.7 Å². The third kappa shape index (κ3) is 7.92. The van der Waals surface area contributed by atoms with E-state index in [1.165, 1.54) is 11.8 Å². The monoisotopic (exact) mass is 764 g/mol. The number of hydrogen-bond acceptors (Lipinski definition) is 7. The van der Waals surface area contributed by atoms with E-state index in [0.29, 0.717) is 30.4 Å². The highest BCUT2D eigenvalue weighted by molar-refractivity contribution is 5.84. The van der Waals surface area contributed by atoms with Crippen molar-refractivity contribution in [3.8, 4) is 33.6 Å². The molecule has 3 amide bonds. The van der Waals surface area contributed by atoms with E-state index in [9.17, 15) is 18.8 Å². The number of benzene rings is 3. The molecule has 2 saturated heterocycles. The number of nitrogens with one attached hydrogen (secondary N) is 2. The van der Waals surface area contributed by atoms with Crippen LogP contribution in [0.25, 0.3) is 33.6 Å². The largest absolute Gasteiger partial charge is 0.437 e. The number of hydrogen-bond donors (Lipinski definition) is 3. The van der Waals surface area contributed by atoms with Crippen molar-refractivity contribution in [3.63, 3.8) is 0 Å². The molecule has 0 aliphatic carbocycles. The van der Waals surface area contributed by atoms with Crippen molar-refractivity contribution >= 4 is 17.9 Å². The maximum absolute atomic E-state index is 15.0. The third-order valence-electron chi connectivity index (χ3n) is 10.8. The Labute approximate surface area is 324 Å². The second-order valence-electron chi connectivity index (χ2n) is 14.3. The van der Waals surface area contributed by atoms with Gasteiger partial charge in [0.15, 0.2) is 6.10 Å². The standard InChI is InChI=1S/C42H46F2N8O4/c1-4-50(5-2)37(30-9-7-6-8-10-30)41(54)52-24-32(44)20-36(52)39-47-22-34(49-39)29-17-13-27(14-18-29)26-11-15-28(16-12-26)33-21-46-38(48-33)35-19-31(43)23-51(35)40(53)25(3)56-42(45)55/h6-18,21-22,25,31-32,35-37H,4-5,19-20,23-24H2,1-3H3,(H2,45,55)(H,46,48)(H,47,49)/t25-,31-,32-,35-,36-,37+/m0/s1.